The van der Waals surface area contributed by atoms with Gasteiger partial charge in [0.25, 0.3) is 0 Å². The second kappa shape index (κ2) is 8.13. The molecule has 0 atom stereocenters. The molecule has 0 unspecified atom stereocenters. The first kappa shape index (κ1) is 19.3. The summed E-state index contributed by atoms with van der Waals surface area (Å²) in [5.74, 6) is 0.783. The molecule has 2 aromatic heterocycles. The number of aromatic nitrogens is 3. The smallest absolute Gasteiger partial charge is 0.235 e. The first-order valence-corrected chi connectivity index (χ1v) is 11.5. The minimum Gasteiger partial charge on any atom is -0.357 e. The van der Waals surface area contributed by atoms with Gasteiger partial charge in [0, 0.05) is 17.8 Å². The zero-order valence-electron chi connectivity index (χ0n) is 16.1. The molecule has 28 heavy (non-hydrogen) atoms. The lowest BCUT2D eigenvalue weighted by Gasteiger charge is -2.19. The lowest BCUT2D eigenvalue weighted by Crippen LogP contribution is -2.19. The lowest BCUT2D eigenvalue weighted by atomic mass is 10.2. The monoisotopic (exact) mass is 416 g/mol. The quantitative estimate of drug-likeness (QED) is 0.655. The highest BCUT2D eigenvalue weighted by atomic mass is 32.2. The number of nitrogens with zero attached hydrogens (tertiary/aromatic N) is 4. The summed E-state index contributed by atoms with van der Waals surface area (Å²) in [5, 5.41) is 25.0. The number of hydrogen-bond donors (Lipinski definition) is 2. The predicted octanol–water partition coefficient (Wildman–Crippen LogP) is 4.25. The zero-order chi connectivity index (χ0) is 19.7. The fourth-order valence-electron chi connectivity index (χ4n) is 3.73. The Bertz CT molecular complexity index is 918. The molecule has 2 aliphatic carbocycles. The second-order valence-electron chi connectivity index (χ2n) is 7.48. The van der Waals surface area contributed by atoms with E-state index in [2.05, 4.69) is 31.5 Å². The Balaban J connectivity index is 1.44. The number of nitrogens with one attached hydrogen (secondary N) is 2. The molecule has 0 spiro atoms. The summed E-state index contributed by atoms with van der Waals surface area (Å²) in [6, 6.07) is 3.18. The van der Waals surface area contributed by atoms with E-state index in [1.807, 2.05) is 13.8 Å². The van der Waals surface area contributed by atoms with Crippen LogP contribution in [0.4, 0.5) is 10.9 Å². The molecule has 0 aromatic carbocycles. The molecule has 0 aliphatic heterocycles. The number of carbonyl (C=O) groups is 1. The molecular formula is C19H24N6OS2. The van der Waals surface area contributed by atoms with Gasteiger partial charge in [-0.05, 0) is 45.1 Å². The van der Waals surface area contributed by atoms with E-state index in [0.29, 0.717) is 23.5 Å². The molecule has 0 saturated heterocycles. The van der Waals surface area contributed by atoms with E-state index in [1.54, 1.807) is 0 Å². The van der Waals surface area contributed by atoms with Crippen molar-refractivity contribution in [1.82, 2.24) is 14.8 Å². The van der Waals surface area contributed by atoms with E-state index in [0.717, 1.165) is 33.6 Å². The van der Waals surface area contributed by atoms with Gasteiger partial charge in [-0.15, -0.1) is 10.2 Å². The Hall–Kier alpha value is -2.05. The van der Waals surface area contributed by atoms with Crippen molar-refractivity contribution in [2.45, 2.75) is 68.8 Å². The first-order valence-electron chi connectivity index (χ1n) is 9.71. The van der Waals surface area contributed by atoms with E-state index in [9.17, 15) is 10.1 Å². The molecule has 2 N–H and O–H groups in total. The number of anilines is 2. The SMILES string of the molecule is Cc1c(C#N)c(NC(=O)CSc2nnc(NC3CC3)s2)n(C2CCCC2)c1C. The Morgan fingerprint density at radius 3 is 2.71 bits per heavy atom. The van der Waals surface area contributed by atoms with E-state index in [-0.39, 0.29) is 11.7 Å². The van der Waals surface area contributed by atoms with Crippen LogP contribution in [0, 0.1) is 25.2 Å². The average molecular weight is 417 g/mol. The summed E-state index contributed by atoms with van der Waals surface area (Å²) in [5.41, 5.74) is 2.61. The van der Waals surface area contributed by atoms with Gasteiger partial charge in [0.1, 0.15) is 11.9 Å². The van der Waals surface area contributed by atoms with Gasteiger partial charge in [0.05, 0.1) is 11.3 Å². The molecular weight excluding hydrogens is 392 g/mol. The van der Waals surface area contributed by atoms with Crippen LogP contribution >= 0.6 is 23.1 Å². The number of thioether (sulfide) groups is 1. The normalized spacial score (nSPS) is 16.9. The largest absolute Gasteiger partial charge is 0.357 e. The van der Waals surface area contributed by atoms with Crippen LogP contribution in [0.5, 0.6) is 0 Å². The molecule has 2 aliphatic rings. The van der Waals surface area contributed by atoms with Gasteiger partial charge in [-0.3, -0.25) is 4.79 Å². The van der Waals surface area contributed by atoms with E-state index in [4.69, 9.17) is 0 Å². The fourth-order valence-corrected chi connectivity index (χ4v) is 5.36. The summed E-state index contributed by atoms with van der Waals surface area (Å²) in [6.07, 6.45) is 6.95. The summed E-state index contributed by atoms with van der Waals surface area (Å²) in [6.45, 7) is 3.99. The lowest BCUT2D eigenvalue weighted by molar-refractivity contribution is -0.113. The molecule has 2 heterocycles. The van der Waals surface area contributed by atoms with Gasteiger partial charge in [-0.25, -0.2) is 0 Å². The second-order valence-corrected chi connectivity index (χ2v) is 9.68. The Kier molecular flexibility index (Phi) is 5.60. The van der Waals surface area contributed by atoms with Crippen molar-refractivity contribution in [2.75, 3.05) is 16.4 Å². The highest BCUT2D eigenvalue weighted by Crippen LogP contribution is 2.38. The molecule has 1 amide bonds. The Morgan fingerprint density at radius 1 is 1.29 bits per heavy atom. The van der Waals surface area contributed by atoms with E-state index < -0.39 is 0 Å². The fraction of sp³-hybridized carbons (Fsp3) is 0.579. The predicted molar refractivity (Wildman–Crippen MR) is 112 cm³/mol. The van der Waals surface area contributed by atoms with Crippen molar-refractivity contribution in [3.63, 3.8) is 0 Å². The van der Waals surface area contributed by atoms with Gasteiger partial charge in [0.15, 0.2) is 4.34 Å². The summed E-state index contributed by atoms with van der Waals surface area (Å²) in [4.78, 5) is 12.6. The maximum atomic E-state index is 12.6. The molecule has 0 bridgehead atoms. The van der Waals surface area contributed by atoms with Crippen molar-refractivity contribution in [3.8, 4) is 6.07 Å². The number of hydrogen-bond acceptors (Lipinski definition) is 7. The molecule has 148 valence electrons. The highest BCUT2D eigenvalue weighted by Gasteiger charge is 2.27. The van der Waals surface area contributed by atoms with Crippen molar-refractivity contribution in [3.05, 3.63) is 16.8 Å². The van der Waals surface area contributed by atoms with Crippen molar-refractivity contribution in [1.29, 1.82) is 5.26 Å². The first-order chi connectivity index (χ1) is 13.6. The third kappa shape index (κ3) is 4.03. The molecule has 4 rings (SSSR count). The molecule has 7 nitrogen and oxygen atoms in total. The molecule has 9 heteroatoms. The number of rotatable bonds is 7. The molecule has 2 saturated carbocycles. The van der Waals surface area contributed by atoms with Crippen LogP contribution in [0.3, 0.4) is 0 Å². The third-order valence-electron chi connectivity index (χ3n) is 5.45. The minimum atomic E-state index is -0.120. The van der Waals surface area contributed by atoms with Crippen molar-refractivity contribution in [2.24, 2.45) is 0 Å². The molecule has 0 radical (unpaired) electrons. The Morgan fingerprint density at radius 2 is 2.04 bits per heavy atom. The van der Waals surface area contributed by atoms with Gasteiger partial charge < -0.3 is 15.2 Å². The van der Waals surface area contributed by atoms with Gasteiger partial charge >= 0.3 is 0 Å². The minimum absolute atomic E-state index is 0.120. The van der Waals surface area contributed by atoms with E-state index in [1.165, 1.54) is 48.8 Å². The van der Waals surface area contributed by atoms with Gasteiger partial charge in [-0.1, -0.05) is 35.9 Å². The number of carbonyl (C=O) groups excluding carboxylic acids is 1. The average Bonchev–Trinajstić information content (AvgIpc) is 3.06. The summed E-state index contributed by atoms with van der Waals surface area (Å²) >= 11 is 2.86. The Labute approximate surface area is 172 Å². The molecule has 2 fully saturated rings. The van der Waals surface area contributed by atoms with E-state index >= 15 is 0 Å². The van der Waals surface area contributed by atoms with Crippen LogP contribution in [0.25, 0.3) is 0 Å². The third-order valence-corrected chi connectivity index (χ3v) is 7.44. The summed E-state index contributed by atoms with van der Waals surface area (Å²) < 4.78 is 2.95. The summed E-state index contributed by atoms with van der Waals surface area (Å²) in [7, 11) is 0. The standard InChI is InChI=1S/C19H24N6OS2/c1-11-12(2)25(14-5-3-4-6-14)17(15(11)9-20)22-16(26)10-27-19-24-23-18(28-19)21-13-7-8-13/h13-14H,3-8,10H2,1-2H3,(H,21,23)(H,22,26). The molecule has 2 aromatic rings. The number of nitriles is 1. The zero-order valence-corrected chi connectivity index (χ0v) is 17.8. The van der Waals surface area contributed by atoms with Crippen LogP contribution in [0.2, 0.25) is 0 Å². The maximum Gasteiger partial charge on any atom is 0.235 e. The van der Waals surface area contributed by atoms with Gasteiger partial charge in [0.2, 0.25) is 11.0 Å². The van der Waals surface area contributed by atoms with Crippen LogP contribution in [-0.2, 0) is 4.79 Å². The highest BCUT2D eigenvalue weighted by molar-refractivity contribution is 8.01. The topological polar surface area (TPSA) is 95.6 Å². The van der Waals surface area contributed by atoms with Crippen LogP contribution in [0.15, 0.2) is 4.34 Å². The van der Waals surface area contributed by atoms with Gasteiger partial charge in [-0.2, -0.15) is 5.26 Å². The number of amides is 1. The van der Waals surface area contributed by atoms with Crippen LogP contribution < -0.4 is 10.6 Å². The van der Waals surface area contributed by atoms with Crippen molar-refractivity contribution < 1.29 is 4.79 Å². The van der Waals surface area contributed by atoms with Crippen LogP contribution in [0.1, 0.15) is 61.4 Å². The van der Waals surface area contributed by atoms with Crippen LogP contribution in [-0.4, -0.2) is 32.5 Å². The maximum absolute atomic E-state index is 12.6. The van der Waals surface area contributed by atoms with Crippen molar-refractivity contribution >= 4 is 40.0 Å².